The highest BCUT2D eigenvalue weighted by atomic mass is 19.4. The van der Waals surface area contributed by atoms with E-state index in [0.29, 0.717) is 57.1 Å². The molecule has 0 saturated heterocycles. The summed E-state index contributed by atoms with van der Waals surface area (Å²) in [5, 5.41) is 8.62. The third-order valence-corrected chi connectivity index (χ3v) is 7.43. The molecule has 8 nitrogen and oxygen atoms in total. The van der Waals surface area contributed by atoms with E-state index in [4.69, 9.17) is 11.2 Å². The number of aryl methyl sites for hydroxylation is 1. The molecule has 1 aliphatic heterocycles. The van der Waals surface area contributed by atoms with E-state index in [9.17, 15) is 17.6 Å². The van der Waals surface area contributed by atoms with Crippen LogP contribution in [0.5, 0.6) is 5.75 Å². The van der Waals surface area contributed by atoms with Crippen LogP contribution in [0.3, 0.4) is 0 Å². The third kappa shape index (κ3) is 5.48. The van der Waals surface area contributed by atoms with Gasteiger partial charge in [-0.3, -0.25) is 9.99 Å². The van der Waals surface area contributed by atoms with Crippen LogP contribution in [-0.2, 0) is 0 Å². The second-order valence-corrected chi connectivity index (χ2v) is 11.8. The van der Waals surface area contributed by atoms with E-state index in [-0.39, 0.29) is 18.3 Å². The van der Waals surface area contributed by atoms with Gasteiger partial charge in [-0.1, -0.05) is 32.8 Å². The van der Waals surface area contributed by atoms with Crippen molar-refractivity contribution in [3.8, 4) is 18.1 Å². The number of nitrogens with zero attached hydrogens (tertiary/aromatic N) is 3. The van der Waals surface area contributed by atoms with Gasteiger partial charge in [0.25, 0.3) is 0 Å². The summed E-state index contributed by atoms with van der Waals surface area (Å²) in [4.78, 5) is 8.49. The standard InChI is InChI=1S/C30H33F4N7O/c1-7-18-14-35-27-21(25(18)36-16-28(3,4)5)12-19(13-23(27)42-6)38-26(20-8-9-24(31)37-17(20)2)22-15-41(40-39-22)29(10-11-29)30(32,33)34/h1,8-9,12-15,26,38-40H,10-11,16H2,2-6H3,(H,35,36)/t26-/m0/s1. The van der Waals surface area contributed by atoms with E-state index < -0.39 is 23.7 Å². The number of methoxy groups -OCH3 is 1. The summed E-state index contributed by atoms with van der Waals surface area (Å²) in [6.07, 6.45) is 4.35. The SMILES string of the molecule is C#Cc1cnc2c(OC)cc(N[C@H](C3=CN(C4(C(F)(F)F)CC4)NN3)c3ccc(F)nc3C)cc2c1NCC(C)(C)C. The number of rotatable bonds is 8. The van der Waals surface area contributed by atoms with E-state index in [1.54, 1.807) is 25.3 Å². The first-order valence-electron chi connectivity index (χ1n) is 13.5. The van der Waals surface area contributed by atoms with Crippen molar-refractivity contribution in [1.29, 1.82) is 0 Å². The Morgan fingerprint density at radius 2 is 1.95 bits per heavy atom. The Balaban J connectivity index is 1.61. The average Bonchev–Trinajstić information content (AvgIpc) is 3.61. The summed E-state index contributed by atoms with van der Waals surface area (Å²) < 4.78 is 61.3. The zero-order valence-electron chi connectivity index (χ0n) is 24.0. The number of ether oxygens (including phenoxy) is 1. The molecule has 0 radical (unpaired) electrons. The number of hydrogen-bond donors (Lipinski definition) is 4. The molecule has 1 atom stereocenters. The largest absolute Gasteiger partial charge is 0.494 e. The van der Waals surface area contributed by atoms with Crippen molar-refractivity contribution in [2.45, 2.75) is 58.3 Å². The number of hydrogen-bond acceptors (Lipinski definition) is 8. The molecule has 4 N–H and O–H groups in total. The fourth-order valence-corrected chi connectivity index (χ4v) is 4.98. The van der Waals surface area contributed by atoms with Gasteiger partial charge in [-0.25, -0.2) is 4.98 Å². The van der Waals surface area contributed by atoms with Gasteiger partial charge in [-0.15, -0.1) is 12.0 Å². The molecule has 2 aliphatic rings. The first kappa shape index (κ1) is 29.3. The summed E-state index contributed by atoms with van der Waals surface area (Å²) in [5.74, 6) is 2.49. The maximum Gasteiger partial charge on any atom is 0.413 e. The summed E-state index contributed by atoms with van der Waals surface area (Å²) in [7, 11) is 1.53. The number of hydrazine groups is 2. The maximum atomic E-state index is 14.0. The van der Waals surface area contributed by atoms with Crippen LogP contribution in [0.15, 0.2) is 42.4 Å². The number of benzene rings is 1. The lowest BCUT2D eigenvalue weighted by molar-refractivity contribution is -0.195. The van der Waals surface area contributed by atoms with E-state index >= 15 is 0 Å². The van der Waals surface area contributed by atoms with Crippen molar-refractivity contribution in [1.82, 2.24) is 25.9 Å². The molecule has 5 rings (SSSR count). The molecule has 1 aromatic carbocycles. The minimum Gasteiger partial charge on any atom is -0.494 e. The Morgan fingerprint density at radius 1 is 1.21 bits per heavy atom. The van der Waals surface area contributed by atoms with Gasteiger partial charge in [0.05, 0.1) is 30.1 Å². The highest BCUT2D eigenvalue weighted by Crippen LogP contribution is 2.53. The lowest BCUT2D eigenvalue weighted by Crippen LogP contribution is -2.52. The number of halogens is 4. The van der Waals surface area contributed by atoms with Crippen molar-refractivity contribution in [2.24, 2.45) is 5.41 Å². The Hall–Kier alpha value is -4.24. The number of nitrogens with one attached hydrogen (secondary N) is 4. The van der Waals surface area contributed by atoms with Gasteiger partial charge in [-0.2, -0.15) is 17.6 Å². The van der Waals surface area contributed by atoms with Crippen LogP contribution >= 0.6 is 0 Å². The quantitative estimate of drug-likeness (QED) is 0.147. The van der Waals surface area contributed by atoms with Crippen LogP contribution in [-0.4, -0.2) is 40.3 Å². The molecule has 1 aliphatic carbocycles. The molecule has 2 aromatic heterocycles. The lowest BCUT2D eigenvalue weighted by Gasteiger charge is -2.28. The summed E-state index contributed by atoms with van der Waals surface area (Å²) >= 11 is 0. The third-order valence-electron chi connectivity index (χ3n) is 7.43. The van der Waals surface area contributed by atoms with Crippen LogP contribution in [0.4, 0.5) is 28.9 Å². The summed E-state index contributed by atoms with van der Waals surface area (Å²) in [6, 6.07) is 5.64. The zero-order chi connectivity index (χ0) is 30.4. The van der Waals surface area contributed by atoms with E-state index in [1.807, 2.05) is 6.07 Å². The van der Waals surface area contributed by atoms with Gasteiger partial charge in [-0.05, 0) is 37.3 Å². The number of anilines is 2. The molecule has 12 heteroatoms. The molecule has 42 heavy (non-hydrogen) atoms. The number of aromatic nitrogens is 2. The molecular formula is C30H33F4N7O. The first-order valence-corrected chi connectivity index (χ1v) is 13.5. The molecule has 0 spiro atoms. The van der Waals surface area contributed by atoms with Gasteiger partial charge < -0.3 is 20.8 Å². The average molecular weight is 584 g/mol. The van der Waals surface area contributed by atoms with Gasteiger partial charge in [0, 0.05) is 47.3 Å². The molecular weight excluding hydrogens is 550 g/mol. The minimum atomic E-state index is -4.42. The van der Waals surface area contributed by atoms with Crippen LogP contribution in [0.2, 0.25) is 0 Å². The second-order valence-electron chi connectivity index (χ2n) is 11.8. The fraction of sp³-hybridized carbons (Fsp3) is 0.400. The summed E-state index contributed by atoms with van der Waals surface area (Å²) in [6.45, 7) is 8.56. The second kappa shape index (κ2) is 10.5. The molecule has 3 aromatic rings. The Labute approximate surface area is 241 Å². The van der Waals surface area contributed by atoms with Crippen molar-refractivity contribution in [3.63, 3.8) is 0 Å². The molecule has 0 amide bonds. The van der Waals surface area contributed by atoms with E-state index in [0.717, 1.165) is 5.01 Å². The van der Waals surface area contributed by atoms with Crippen LogP contribution < -0.4 is 26.3 Å². The van der Waals surface area contributed by atoms with Crippen molar-refractivity contribution in [3.05, 3.63) is 65.1 Å². The number of terminal acetylenes is 1. The highest BCUT2D eigenvalue weighted by Gasteiger charge is 2.67. The monoisotopic (exact) mass is 583 g/mol. The highest BCUT2D eigenvalue weighted by molar-refractivity contribution is 5.99. The molecule has 3 heterocycles. The molecule has 1 fully saturated rings. The Morgan fingerprint density at radius 3 is 2.55 bits per heavy atom. The summed E-state index contributed by atoms with van der Waals surface area (Å²) in [5.41, 5.74) is 7.29. The van der Waals surface area contributed by atoms with Gasteiger partial charge in [0.1, 0.15) is 11.3 Å². The first-order chi connectivity index (χ1) is 19.8. The lowest BCUT2D eigenvalue weighted by atomic mass is 9.96. The van der Waals surface area contributed by atoms with Crippen LogP contribution in [0.1, 0.15) is 56.5 Å². The minimum absolute atomic E-state index is 0.0269. The predicted molar refractivity (Wildman–Crippen MR) is 154 cm³/mol. The van der Waals surface area contributed by atoms with Gasteiger partial charge in [0.2, 0.25) is 5.95 Å². The van der Waals surface area contributed by atoms with Crippen molar-refractivity contribution in [2.75, 3.05) is 24.3 Å². The van der Waals surface area contributed by atoms with Crippen LogP contribution in [0, 0.1) is 30.6 Å². The normalized spacial score (nSPS) is 16.9. The van der Waals surface area contributed by atoms with Crippen LogP contribution in [0.25, 0.3) is 10.9 Å². The van der Waals surface area contributed by atoms with E-state index in [1.165, 1.54) is 19.4 Å². The molecule has 0 bridgehead atoms. The van der Waals surface area contributed by atoms with E-state index in [2.05, 4.69) is 58.3 Å². The topological polar surface area (TPSA) is 86.4 Å². The van der Waals surface area contributed by atoms with Gasteiger partial charge >= 0.3 is 6.18 Å². The Bertz CT molecular complexity index is 1590. The van der Waals surface area contributed by atoms with Crippen molar-refractivity contribution < 1.29 is 22.3 Å². The molecule has 222 valence electrons. The molecule has 0 unspecified atom stereocenters. The maximum absolute atomic E-state index is 14.0. The molecule has 1 saturated carbocycles. The predicted octanol–water partition coefficient (Wildman–Crippen LogP) is 5.94. The smallest absolute Gasteiger partial charge is 0.413 e. The zero-order valence-corrected chi connectivity index (χ0v) is 24.0. The number of pyridine rings is 2. The number of fused-ring (bicyclic) bond motifs is 1. The fourth-order valence-electron chi connectivity index (χ4n) is 4.98. The van der Waals surface area contributed by atoms with Gasteiger partial charge in [0.15, 0.2) is 5.54 Å². The number of alkyl halides is 3. The Kier molecular flexibility index (Phi) is 7.35. The van der Waals surface area contributed by atoms with Crippen molar-refractivity contribution >= 4 is 22.3 Å².